The SMILES string of the molecule is CCn1cc(-c2csc(NC(C)(C)C)n2)cn1. The lowest BCUT2D eigenvalue weighted by molar-refractivity contribution is 0.633. The van der Waals surface area contributed by atoms with Crippen LogP contribution < -0.4 is 5.32 Å². The molecule has 0 aliphatic heterocycles. The Morgan fingerprint density at radius 3 is 2.76 bits per heavy atom. The lowest BCUT2D eigenvalue weighted by atomic mass is 10.1. The molecule has 0 amide bonds. The minimum Gasteiger partial charge on any atom is -0.357 e. The molecule has 0 unspecified atom stereocenters. The Kier molecular flexibility index (Phi) is 3.19. The van der Waals surface area contributed by atoms with Gasteiger partial charge >= 0.3 is 0 Å². The molecule has 0 fully saturated rings. The van der Waals surface area contributed by atoms with E-state index in [-0.39, 0.29) is 5.54 Å². The van der Waals surface area contributed by atoms with Crippen molar-refractivity contribution in [3.63, 3.8) is 0 Å². The van der Waals surface area contributed by atoms with Crippen LogP contribution in [0, 0.1) is 0 Å². The molecule has 2 aromatic rings. The quantitative estimate of drug-likeness (QED) is 0.909. The number of hydrogen-bond donors (Lipinski definition) is 1. The Hall–Kier alpha value is -1.36. The monoisotopic (exact) mass is 250 g/mol. The summed E-state index contributed by atoms with van der Waals surface area (Å²) < 4.78 is 1.91. The molecule has 0 atom stereocenters. The Morgan fingerprint density at radius 2 is 2.18 bits per heavy atom. The van der Waals surface area contributed by atoms with E-state index in [0.29, 0.717) is 0 Å². The van der Waals surface area contributed by atoms with Crippen LogP contribution in [-0.2, 0) is 6.54 Å². The Labute approximate surface area is 106 Å². The highest BCUT2D eigenvalue weighted by molar-refractivity contribution is 7.14. The van der Waals surface area contributed by atoms with Gasteiger partial charge in [-0.15, -0.1) is 11.3 Å². The first-order chi connectivity index (χ1) is 7.98. The standard InChI is InChI=1S/C12H18N4S/c1-5-16-7-9(6-13-16)10-8-17-11(14-10)15-12(2,3)4/h6-8H,5H2,1-4H3,(H,14,15). The highest BCUT2D eigenvalue weighted by Crippen LogP contribution is 2.26. The van der Waals surface area contributed by atoms with Crippen LogP contribution in [0.4, 0.5) is 5.13 Å². The van der Waals surface area contributed by atoms with Crippen LogP contribution in [0.2, 0.25) is 0 Å². The second kappa shape index (κ2) is 4.49. The summed E-state index contributed by atoms with van der Waals surface area (Å²) >= 11 is 1.63. The number of aryl methyl sites for hydroxylation is 1. The van der Waals surface area contributed by atoms with E-state index in [4.69, 9.17) is 0 Å². The first-order valence-electron chi connectivity index (χ1n) is 5.74. The molecule has 1 N–H and O–H groups in total. The van der Waals surface area contributed by atoms with Crippen LogP contribution in [0.5, 0.6) is 0 Å². The smallest absolute Gasteiger partial charge is 0.183 e. The maximum Gasteiger partial charge on any atom is 0.183 e. The summed E-state index contributed by atoms with van der Waals surface area (Å²) in [5, 5.41) is 10.6. The number of nitrogens with one attached hydrogen (secondary N) is 1. The molecule has 4 nitrogen and oxygen atoms in total. The minimum absolute atomic E-state index is 0.0444. The zero-order valence-corrected chi connectivity index (χ0v) is 11.5. The van der Waals surface area contributed by atoms with Gasteiger partial charge in [-0.25, -0.2) is 4.98 Å². The molecule has 0 bridgehead atoms. The van der Waals surface area contributed by atoms with Gasteiger partial charge in [-0.05, 0) is 27.7 Å². The zero-order chi connectivity index (χ0) is 12.5. The maximum absolute atomic E-state index is 4.57. The molecule has 0 aliphatic rings. The maximum atomic E-state index is 4.57. The fourth-order valence-corrected chi connectivity index (χ4v) is 2.38. The second-order valence-corrected chi connectivity index (χ2v) is 5.86. The molecule has 2 heterocycles. The van der Waals surface area contributed by atoms with E-state index in [9.17, 15) is 0 Å². The van der Waals surface area contributed by atoms with Crippen LogP contribution in [0.1, 0.15) is 27.7 Å². The third-order valence-electron chi connectivity index (χ3n) is 2.24. The molecular formula is C12H18N4S. The van der Waals surface area contributed by atoms with Crippen molar-refractivity contribution in [3.8, 4) is 11.3 Å². The topological polar surface area (TPSA) is 42.7 Å². The molecule has 0 saturated heterocycles. The van der Waals surface area contributed by atoms with E-state index in [0.717, 1.165) is 22.9 Å². The van der Waals surface area contributed by atoms with E-state index >= 15 is 0 Å². The summed E-state index contributed by atoms with van der Waals surface area (Å²) in [6, 6.07) is 0. The van der Waals surface area contributed by atoms with E-state index < -0.39 is 0 Å². The van der Waals surface area contributed by atoms with E-state index in [1.165, 1.54) is 0 Å². The summed E-state index contributed by atoms with van der Waals surface area (Å²) in [6.07, 6.45) is 3.88. The summed E-state index contributed by atoms with van der Waals surface area (Å²) in [5.74, 6) is 0. The van der Waals surface area contributed by atoms with Gasteiger partial charge in [0.25, 0.3) is 0 Å². The summed E-state index contributed by atoms with van der Waals surface area (Å²) in [4.78, 5) is 4.57. The average molecular weight is 250 g/mol. The van der Waals surface area contributed by atoms with E-state index in [2.05, 4.69) is 48.5 Å². The second-order valence-electron chi connectivity index (χ2n) is 5.00. The Bertz CT molecular complexity index is 493. The Balaban J connectivity index is 2.18. The average Bonchev–Trinajstić information content (AvgIpc) is 2.82. The highest BCUT2D eigenvalue weighted by Gasteiger charge is 2.13. The van der Waals surface area contributed by atoms with Gasteiger partial charge in [0.2, 0.25) is 0 Å². The van der Waals surface area contributed by atoms with Gasteiger partial charge in [0.15, 0.2) is 5.13 Å². The number of aromatic nitrogens is 3. The van der Waals surface area contributed by atoms with Gasteiger partial charge in [-0.2, -0.15) is 5.10 Å². The third kappa shape index (κ3) is 3.06. The lowest BCUT2D eigenvalue weighted by Crippen LogP contribution is -2.25. The van der Waals surface area contributed by atoms with Gasteiger partial charge in [0, 0.05) is 29.2 Å². The molecule has 92 valence electrons. The zero-order valence-electron chi connectivity index (χ0n) is 10.7. The fourth-order valence-electron chi connectivity index (χ4n) is 1.45. The minimum atomic E-state index is 0.0444. The van der Waals surface area contributed by atoms with Crippen LogP contribution >= 0.6 is 11.3 Å². The van der Waals surface area contributed by atoms with Crippen molar-refractivity contribution < 1.29 is 0 Å². The van der Waals surface area contributed by atoms with Gasteiger partial charge in [-0.3, -0.25) is 4.68 Å². The van der Waals surface area contributed by atoms with Crippen molar-refractivity contribution in [2.24, 2.45) is 0 Å². The molecule has 2 aromatic heterocycles. The number of anilines is 1. The number of thiazole rings is 1. The molecule has 0 aromatic carbocycles. The molecule has 5 heteroatoms. The van der Waals surface area contributed by atoms with Crippen molar-refractivity contribution in [2.45, 2.75) is 39.8 Å². The summed E-state index contributed by atoms with van der Waals surface area (Å²) in [5.41, 5.74) is 2.11. The van der Waals surface area contributed by atoms with Crippen LogP contribution in [0.3, 0.4) is 0 Å². The van der Waals surface area contributed by atoms with Crippen LogP contribution in [0.15, 0.2) is 17.8 Å². The lowest BCUT2D eigenvalue weighted by Gasteiger charge is -2.19. The molecule has 0 radical (unpaired) electrons. The van der Waals surface area contributed by atoms with Gasteiger partial charge in [-0.1, -0.05) is 0 Å². The van der Waals surface area contributed by atoms with Crippen molar-refractivity contribution >= 4 is 16.5 Å². The molecular weight excluding hydrogens is 232 g/mol. The predicted octanol–water partition coefficient (Wildman–Crippen LogP) is 3.24. The number of nitrogens with zero attached hydrogens (tertiary/aromatic N) is 3. The predicted molar refractivity (Wildman–Crippen MR) is 72.4 cm³/mol. The van der Waals surface area contributed by atoms with Crippen LogP contribution in [0.25, 0.3) is 11.3 Å². The fraction of sp³-hybridized carbons (Fsp3) is 0.500. The molecule has 0 aliphatic carbocycles. The van der Waals surface area contributed by atoms with Crippen molar-refractivity contribution in [3.05, 3.63) is 17.8 Å². The van der Waals surface area contributed by atoms with Gasteiger partial charge in [0.1, 0.15) is 0 Å². The molecule has 0 spiro atoms. The first kappa shape index (κ1) is 12.1. The Morgan fingerprint density at radius 1 is 1.41 bits per heavy atom. The third-order valence-corrected chi connectivity index (χ3v) is 3.00. The number of rotatable bonds is 3. The molecule has 2 rings (SSSR count). The van der Waals surface area contributed by atoms with Crippen LogP contribution in [-0.4, -0.2) is 20.3 Å². The number of hydrogen-bond acceptors (Lipinski definition) is 4. The highest BCUT2D eigenvalue weighted by atomic mass is 32.1. The van der Waals surface area contributed by atoms with Crippen molar-refractivity contribution in [2.75, 3.05) is 5.32 Å². The molecule has 0 saturated carbocycles. The normalized spacial score (nSPS) is 11.8. The summed E-state index contributed by atoms with van der Waals surface area (Å²) in [6.45, 7) is 9.34. The summed E-state index contributed by atoms with van der Waals surface area (Å²) in [7, 11) is 0. The van der Waals surface area contributed by atoms with Crippen molar-refractivity contribution in [1.29, 1.82) is 0 Å². The van der Waals surface area contributed by atoms with E-state index in [1.807, 2.05) is 17.1 Å². The van der Waals surface area contributed by atoms with Crippen molar-refractivity contribution in [1.82, 2.24) is 14.8 Å². The first-order valence-corrected chi connectivity index (χ1v) is 6.62. The van der Waals surface area contributed by atoms with E-state index in [1.54, 1.807) is 11.3 Å². The van der Waals surface area contributed by atoms with Gasteiger partial charge in [0.05, 0.1) is 11.9 Å². The molecule has 17 heavy (non-hydrogen) atoms. The van der Waals surface area contributed by atoms with Gasteiger partial charge < -0.3 is 5.32 Å². The largest absolute Gasteiger partial charge is 0.357 e.